The summed E-state index contributed by atoms with van der Waals surface area (Å²) in [5.74, 6) is 0. The minimum absolute atomic E-state index is 0.133. The van der Waals surface area contributed by atoms with Gasteiger partial charge in [-0.1, -0.05) is 0 Å². The molecule has 0 fully saturated rings. The average molecular weight is 133 g/mol. The molecule has 0 aliphatic heterocycles. The van der Waals surface area contributed by atoms with Gasteiger partial charge in [0.2, 0.25) is 0 Å². The highest BCUT2D eigenvalue weighted by Gasteiger charge is 2.03. The molecule has 0 atom stereocenters. The van der Waals surface area contributed by atoms with Crippen molar-refractivity contribution < 1.29 is 14.4 Å². The number of hydrogen-bond acceptors (Lipinski definition) is 4. The number of ether oxygens (including phenoxy) is 1. The van der Waals surface area contributed by atoms with E-state index in [-0.39, 0.29) is 6.10 Å². The second kappa shape index (κ2) is 4.14. The minimum Gasteiger partial charge on any atom is -0.430 e. The van der Waals surface area contributed by atoms with Crippen molar-refractivity contribution in [3.8, 4) is 0 Å². The van der Waals surface area contributed by atoms with Gasteiger partial charge in [0.15, 0.2) is 0 Å². The Morgan fingerprint density at radius 2 is 2.11 bits per heavy atom. The maximum Gasteiger partial charge on any atom is 0.527 e. The van der Waals surface area contributed by atoms with Crippen molar-refractivity contribution in [1.82, 2.24) is 5.48 Å². The zero-order valence-electron chi connectivity index (χ0n) is 5.80. The van der Waals surface area contributed by atoms with Crippen molar-refractivity contribution in [3.63, 3.8) is 0 Å². The first-order valence-electron chi connectivity index (χ1n) is 2.71. The molecule has 0 aliphatic rings. The summed E-state index contributed by atoms with van der Waals surface area (Å²) in [4.78, 5) is 14.6. The molecule has 0 aromatic rings. The number of hydrogen-bond donors (Lipinski definition) is 1. The molecule has 1 N–H and O–H groups in total. The van der Waals surface area contributed by atoms with Crippen LogP contribution in [0.4, 0.5) is 4.79 Å². The van der Waals surface area contributed by atoms with Gasteiger partial charge in [-0.25, -0.2) is 4.79 Å². The van der Waals surface area contributed by atoms with E-state index < -0.39 is 6.16 Å². The van der Waals surface area contributed by atoms with Crippen LogP contribution in [0.5, 0.6) is 0 Å². The summed E-state index contributed by atoms with van der Waals surface area (Å²) in [6.45, 7) is 3.49. The molecular weight excluding hydrogens is 122 g/mol. The van der Waals surface area contributed by atoms with Crippen LogP contribution in [0.25, 0.3) is 0 Å². The summed E-state index contributed by atoms with van der Waals surface area (Å²) in [5.41, 5.74) is 2.20. The van der Waals surface area contributed by atoms with Gasteiger partial charge in [-0.3, -0.25) is 0 Å². The van der Waals surface area contributed by atoms with Gasteiger partial charge >= 0.3 is 6.16 Å². The van der Waals surface area contributed by atoms with Gasteiger partial charge in [0, 0.05) is 7.05 Å². The third kappa shape index (κ3) is 5.10. The summed E-state index contributed by atoms with van der Waals surface area (Å²) in [6.07, 6.45) is -0.835. The predicted molar refractivity (Wildman–Crippen MR) is 31.8 cm³/mol. The molecular formula is C5H11NO3. The Labute approximate surface area is 54.1 Å². The highest BCUT2D eigenvalue weighted by Crippen LogP contribution is 1.89. The first kappa shape index (κ1) is 8.23. The topological polar surface area (TPSA) is 47.6 Å². The van der Waals surface area contributed by atoms with Gasteiger partial charge in [0.25, 0.3) is 0 Å². The molecule has 4 nitrogen and oxygen atoms in total. The lowest BCUT2D eigenvalue weighted by atomic mass is 10.5. The summed E-state index contributed by atoms with van der Waals surface area (Å²) in [6, 6.07) is 0. The van der Waals surface area contributed by atoms with E-state index in [0.29, 0.717) is 0 Å². The largest absolute Gasteiger partial charge is 0.527 e. The van der Waals surface area contributed by atoms with Gasteiger partial charge in [-0.15, -0.1) is 0 Å². The van der Waals surface area contributed by atoms with Crippen molar-refractivity contribution in [2.45, 2.75) is 20.0 Å². The van der Waals surface area contributed by atoms with E-state index in [9.17, 15) is 4.79 Å². The zero-order valence-corrected chi connectivity index (χ0v) is 5.80. The zero-order chi connectivity index (χ0) is 7.28. The number of carbonyl (C=O) groups is 1. The van der Waals surface area contributed by atoms with Crippen LogP contribution in [-0.4, -0.2) is 19.3 Å². The molecule has 0 spiro atoms. The number of nitrogens with one attached hydrogen (secondary N) is 1. The summed E-state index contributed by atoms with van der Waals surface area (Å²) in [7, 11) is 1.49. The van der Waals surface area contributed by atoms with E-state index >= 15 is 0 Å². The van der Waals surface area contributed by atoms with Crippen LogP contribution in [0.3, 0.4) is 0 Å². The van der Waals surface area contributed by atoms with Crippen molar-refractivity contribution in [2.24, 2.45) is 0 Å². The van der Waals surface area contributed by atoms with Gasteiger partial charge < -0.3 is 9.57 Å². The van der Waals surface area contributed by atoms with E-state index in [1.54, 1.807) is 13.8 Å². The fourth-order valence-electron chi connectivity index (χ4n) is 0.300. The predicted octanol–water partition coefficient (Wildman–Crippen LogP) is 0.682. The fraction of sp³-hybridized carbons (Fsp3) is 0.800. The van der Waals surface area contributed by atoms with E-state index in [4.69, 9.17) is 0 Å². The molecule has 54 valence electrons. The first-order valence-corrected chi connectivity index (χ1v) is 2.71. The molecule has 0 amide bonds. The molecule has 0 heterocycles. The lowest BCUT2D eigenvalue weighted by Gasteiger charge is -2.05. The Morgan fingerprint density at radius 1 is 1.56 bits per heavy atom. The molecule has 0 radical (unpaired) electrons. The van der Waals surface area contributed by atoms with E-state index in [0.717, 1.165) is 0 Å². The van der Waals surface area contributed by atoms with Crippen molar-refractivity contribution >= 4 is 6.16 Å². The van der Waals surface area contributed by atoms with Gasteiger partial charge in [0.05, 0.1) is 6.10 Å². The van der Waals surface area contributed by atoms with Crippen LogP contribution in [0, 0.1) is 0 Å². The molecule has 0 bridgehead atoms. The van der Waals surface area contributed by atoms with Crippen molar-refractivity contribution in [1.29, 1.82) is 0 Å². The molecule has 0 unspecified atom stereocenters. The Balaban J connectivity index is 3.27. The molecule has 0 rings (SSSR count). The Bertz CT molecular complexity index is 92.2. The second-order valence-electron chi connectivity index (χ2n) is 1.72. The van der Waals surface area contributed by atoms with Gasteiger partial charge in [-0.05, 0) is 13.8 Å². The Hall–Kier alpha value is -0.770. The molecule has 9 heavy (non-hydrogen) atoms. The van der Waals surface area contributed by atoms with E-state index in [1.165, 1.54) is 7.05 Å². The van der Waals surface area contributed by atoms with E-state index in [2.05, 4.69) is 15.1 Å². The van der Waals surface area contributed by atoms with Crippen molar-refractivity contribution in [2.75, 3.05) is 7.05 Å². The Morgan fingerprint density at radius 3 is 2.44 bits per heavy atom. The minimum atomic E-state index is -0.701. The van der Waals surface area contributed by atoms with Crippen LogP contribution >= 0.6 is 0 Å². The van der Waals surface area contributed by atoms with Crippen molar-refractivity contribution in [3.05, 3.63) is 0 Å². The highest BCUT2D eigenvalue weighted by molar-refractivity contribution is 5.59. The lowest BCUT2D eigenvalue weighted by Crippen LogP contribution is -2.19. The maximum atomic E-state index is 10.3. The lowest BCUT2D eigenvalue weighted by molar-refractivity contribution is 0.00753. The molecule has 0 saturated carbocycles. The smallest absolute Gasteiger partial charge is 0.430 e. The van der Waals surface area contributed by atoms with Crippen LogP contribution in [0.1, 0.15) is 13.8 Å². The summed E-state index contributed by atoms with van der Waals surface area (Å²) in [5, 5.41) is 0. The second-order valence-corrected chi connectivity index (χ2v) is 1.72. The third-order valence-electron chi connectivity index (χ3n) is 0.517. The number of carbonyl (C=O) groups excluding carboxylic acids is 1. The quantitative estimate of drug-likeness (QED) is 0.444. The van der Waals surface area contributed by atoms with Crippen LogP contribution in [0.15, 0.2) is 0 Å². The highest BCUT2D eigenvalue weighted by atomic mass is 16.8. The van der Waals surface area contributed by atoms with Crippen LogP contribution in [0.2, 0.25) is 0 Å². The van der Waals surface area contributed by atoms with Gasteiger partial charge in [-0.2, -0.15) is 5.48 Å². The monoisotopic (exact) mass is 133 g/mol. The number of hydroxylamine groups is 1. The van der Waals surface area contributed by atoms with Gasteiger partial charge in [0.1, 0.15) is 0 Å². The van der Waals surface area contributed by atoms with Crippen LogP contribution < -0.4 is 5.48 Å². The van der Waals surface area contributed by atoms with E-state index in [1.807, 2.05) is 0 Å². The molecule has 4 heteroatoms. The summed E-state index contributed by atoms with van der Waals surface area (Å²) < 4.78 is 4.57. The SMILES string of the molecule is CNOC(=O)OC(C)C. The molecule has 0 aromatic heterocycles. The molecule has 0 aliphatic carbocycles. The fourth-order valence-corrected chi connectivity index (χ4v) is 0.300. The average Bonchev–Trinajstić information content (AvgIpc) is 1.63. The number of rotatable bonds is 2. The summed E-state index contributed by atoms with van der Waals surface area (Å²) >= 11 is 0. The third-order valence-corrected chi connectivity index (χ3v) is 0.517. The molecule has 0 saturated heterocycles. The van der Waals surface area contributed by atoms with Crippen LogP contribution in [-0.2, 0) is 9.57 Å². The molecule has 0 aromatic carbocycles. The standard InChI is InChI=1S/C5H11NO3/c1-4(2)8-5(7)9-6-3/h4,6H,1-3H3. The normalized spacial score (nSPS) is 9.33. The maximum absolute atomic E-state index is 10.3. The first-order chi connectivity index (χ1) is 4.16. The Kier molecular flexibility index (Phi) is 3.79.